The van der Waals surface area contributed by atoms with Crippen LogP contribution in [-0.2, 0) is 17.4 Å². The Labute approximate surface area is 133 Å². The van der Waals surface area contributed by atoms with Crippen LogP contribution in [0.5, 0.6) is 0 Å². The fraction of sp³-hybridized carbons (Fsp3) is 0.133. The Morgan fingerprint density at radius 3 is 2.38 bits per heavy atom. The summed E-state index contributed by atoms with van der Waals surface area (Å²) in [5.41, 5.74) is 0.197. The van der Waals surface area contributed by atoms with Crippen molar-refractivity contribution in [3.8, 4) is 0 Å². The number of hydrogen-bond donors (Lipinski definition) is 1. The number of hydrogen-bond acceptors (Lipinski definition) is 1. The molecule has 0 aliphatic carbocycles. The predicted molar refractivity (Wildman–Crippen MR) is 82.9 cm³/mol. The second-order valence-corrected chi connectivity index (χ2v) is 5.68. The van der Waals surface area contributed by atoms with Crippen LogP contribution in [0.2, 0.25) is 0 Å². The van der Waals surface area contributed by atoms with E-state index in [1.165, 1.54) is 12.1 Å². The second kappa shape index (κ2) is 6.46. The Kier molecular flexibility index (Phi) is 4.87. The number of carbonyl (C=O) groups excluding carboxylic acids is 1. The molecule has 110 valence electrons. The molecule has 2 aromatic carbocycles. The standard InChI is InChI=1S/C15H11F3INO/c16-15(17,18)11-3-1-2-10(8-11)9-14(21)20-13-6-4-12(19)5-7-13/h1-8H,9H2,(H,20,21). The van der Waals surface area contributed by atoms with Crippen LogP contribution in [0.15, 0.2) is 48.5 Å². The summed E-state index contributed by atoms with van der Waals surface area (Å²) in [6.07, 6.45) is -4.50. The fourth-order valence-corrected chi connectivity index (χ4v) is 2.14. The summed E-state index contributed by atoms with van der Waals surface area (Å²) in [6, 6.07) is 11.9. The molecule has 0 unspecified atom stereocenters. The fourth-order valence-electron chi connectivity index (χ4n) is 1.78. The van der Waals surface area contributed by atoms with Crippen LogP contribution in [0.25, 0.3) is 0 Å². The van der Waals surface area contributed by atoms with Crippen LogP contribution >= 0.6 is 22.6 Å². The maximum atomic E-state index is 12.6. The number of nitrogens with one attached hydrogen (secondary N) is 1. The Hall–Kier alpha value is -1.57. The molecule has 0 fully saturated rings. The third-order valence-corrected chi connectivity index (χ3v) is 3.47. The highest BCUT2D eigenvalue weighted by atomic mass is 127. The number of rotatable bonds is 3. The number of carbonyl (C=O) groups is 1. The molecule has 0 aromatic heterocycles. The zero-order chi connectivity index (χ0) is 15.5. The van der Waals surface area contributed by atoms with Crippen molar-refractivity contribution in [2.75, 3.05) is 5.32 Å². The van der Waals surface area contributed by atoms with E-state index in [4.69, 9.17) is 0 Å². The molecular formula is C15H11F3INO. The first-order valence-electron chi connectivity index (χ1n) is 6.06. The second-order valence-electron chi connectivity index (χ2n) is 4.43. The summed E-state index contributed by atoms with van der Waals surface area (Å²) in [5, 5.41) is 2.65. The summed E-state index contributed by atoms with van der Waals surface area (Å²) in [4.78, 5) is 11.8. The van der Waals surface area contributed by atoms with Crippen molar-refractivity contribution in [3.63, 3.8) is 0 Å². The summed E-state index contributed by atoms with van der Waals surface area (Å²) in [7, 11) is 0. The minimum atomic E-state index is -4.40. The van der Waals surface area contributed by atoms with Gasteiger partial charge in [0.15, 0.2) is 0 Å². The van der Waals surface area contributed by atoms with E-state index >= 15 is 0 Å². The van der Waals surface area contributed by atoms with Gasteiger partial charge in [-0.15, -0.1) is 0 Å². The first kappa shape index (κ1) is 15.8. The number of alkyl halides is 3. The topological polar surface area (TPSA) is 29.1 Å². The average Bonchev–Trinajstić information content (AvgIpc) is 2.41. The molecule has 0 saturated carbocycles. The Balaban J connectivity index is 2.04. The van der Waals surface area contributed by atoms with E-state index in [1.54, 1.807) is 12.1 Å². The molecule has 0 atom stereocenters. The normalized spacial score (nSPS) is 11.2. The summed E-state index contributed by atoms with van der Waals surface area (Å²) < 4.78 is 38.8. The molecular weight excluding hydrogens is 394 g/mol. The predicted octanol–water partition coefficient (Wildman–Crippen LogP) is 4.49. The molecule has 2 nitrogen and oxygen atoms in total. The molecule has 2 rings (SSSR count). The average molecular weight is 405 g/mol. The zero-order valence-electron chi connectivity index (χ0n) is 10.7. The Morgan fingerprint density at radius 2 is 1.76 bits per heavy atom. The Morgan fingerprint density at radius 1 is 1.10 bits per heavy atom. The lowest BCUT2D eigenvalue weighted by Gasteiger charge is -2.09. The first-order valence-corrected chi connectivity index (χ1v) is 7.14. The van der Waals surface area contributed by atoms with Crippen LogP contribution in [0.3, 0.4) is 0 Å². The van der Waals surface area contributed by atoms with Gasteiger partial charge in [0.05, 0.1) is 12.0 Å². The van der Waals surface area contributed by atoms with Crippen molar-refractivity contribution < 1.29 is 18.0 Å². The van der Waals surface area contributed by atoms with Crippen LogP contribution in [0.1, 0.15) is 11.1 Å². The van der Waals surface area contributed by atoms with Crippen molar-refractivity contribution in [2.24, 2.45) is 0 Å². The number of amides is 1. The van der Waals surface area contributed by atoms with Gasteiger partial charge >= 0.3 is 6.18 Å². The van der Waals surface area contributed by atoms with Crippen molar-refractivity contribution in [1.82, 2.24) is 0 Å². The van der Waals surface area contributed by atoms with Crippen molar-refractivity contribution in [3.05, 3.63) is 63.2 Å². The molecule has 0 saturated heterocycles. The van der Waals surface area contributed by atoms with Crippen molar-refractivity contribution in [2.45, 2.75) is 12.6 Å². The van der Waals surface area contributed by atoms with Gasteiger partial charge in [-0.1, -0.05) is 18.2 Å². The van der Waals surface area contributed by atoms with Crippen LogP contribution in [0, 0.1) is 3.57 Å². The number of halogens is 4. The van der Waals surface area contributed by atoms with E-state index in [2.05, 4.69) is 27.9 Å². The van der Waals surface area contributed by atoms with Gasteiger partial charge in [0.1, 0.15) is 0 Å². The molecule has 2 aromatic rings. The van der Waals surface area contributed by atoms with Gasteiger partial charge in [-0.05, 0) is 58.5 Å². The van der Waals surface area contributed by atoms with Crippen molar-refractivity contribution in [1.29, 1.82) is 0 Å². The third kappa shape index (κ3) is 4.73. The molecule has 0 aliphatic heterocycles. The molecule has 1 amide bonds. The molecule has 0 bridgehead atoms. The lowest BCUT2D eigenvalue weighted by molar-refractivity contribution is -0.137. The van der Waals surface area contributed by atoms with Gasteiger partial charge in [0.2, 0.25) is 5.91 Å². The summed E-state index contributed by atoms with van der Waals surface area (Å²) in [6.45, 7) is 0. The zero-order valence-corrected chi connectivity index (χ0v) is 12.9. The number of anilines is 1. The van der Waals surface area contributed by atoms with Gasteiger partial charge < -0.3 is 5.32 Å². The molecule has 21 heavy (non-hydrogen) atoms. The summed E-state index contributed by atoms with van der Waals surface area (Å²) in [5.74, 6) is -0.351. The van der Waals surface area contributed by atoms with E-state index < -0.39 is 11.7 Å². The maximum absolute atomic E-state index is 12.6. The lowest BCUT2D eigenvalue weighted by Crippen LogP contribution is -2.15. The number of benzene rings is 2. The van der Waals surface area contributed by atoms with Gasteiger partial charge in [0, 0.05) is 9.26 Å². The van der Waals surface area contributed by atoms with Gasteiger partial charge in [-0.3, -0.25) is 4.79 Å². The smallest absolute Gasteiger partial charge is 0.326 e. The summed E-state index contributed by atoms with van der Waals surface area (Å²) >= 11 is 2.14. The highest BCUT2D eigenvalue weighted by Gasteiger charge is 2.30. The quantitative estimate of drug-likeness (QED) is 0.750. The Bertz CT molecular complexity index is 638. The lowest BCUT2D eigenvalue weighted by atomic mass is 10.1. The van der Waals surface area contributed by atoms with Crippen LogP contribution in [0.4, 0.5) is 18.9 Å². The largest absolute Gasteiger partial charge is 0.416 e. The van der Waals surface area contributed by atoms with Gasteiger partial charge in [-0.25, -0.2) is 0 Å². The van der Waals surface area contributed by atoms with E-state index in [9.17, 15) is 18.0 Å². The first-order chi connectivity index (χ1) is 9.84. The highest BCUT2D eigenvalue weighted by Crippen LogP contribution is 2.29. The van der Waals surface area contributed by atoms with Gasteiger partial charge in [-0.2, -0.15) is 13.2 Å². The molecule has 0 heterocycles. The molecule has 0 aliphatic rings. The molecule has 0 spiro atoms. The minimum Gasteiger partial charge on any atom is -0.326 e. The minimum absolute atomic E-state index is 0.101. The van der Waals surface area contributed by atoms with Crippen molar-refractivity contribution >= 4 is 34.2 Å². The van der Waals surface area contributed by atoms with E-state index in [0.29, 0.717) is 11.3 Å². The van der Waals surface area contributed by atoms with E-state index in [1.807, 2.05) is 12.1 Å². The van der Waals surface area contributed by atoms with Crippen LogP contribution in [-0.4, -0.2) is 5.91 Å². The molecule has 6 heteroatoms. The van der Waals surface area contributed by atoms with Gasteiger partial charge in [0.25, 0.3) is 0 Å². The molecule has 1 N–H and O–H groups in total. The van der Waals surface area contributed by atoms with E-state index in [-0.39, 0.29) is 12.3 Å². The van der Waals surface area contributed by atoms with E-state index in [0.717, 1.165) is 15.7 Å². The highest BCUT2D eigenvalue weighted by molar-refractivity contribution is 14.1. The SMILES string of the molecule is O=C(Cc1cccc(C(F)(F)F)c1)Nc1ccc(I)cc1. The maximum Gasteiger partial charge on any atom is 0.416 e. The molecule has 0 radical (unpaired) electrons. The van der Waals surface area contributed by atoms with Crippen LogP contribution < -0.4 is 5.32 Å². The monoisotopic (exact) mass is 405 g/mol. The third-order valence-electron chi connectivity index (χ3n) is 2.75.